The second-order valence-electron chi connectivity index (χ2n) is 6.05. The molecule has 0 radical (unpaired) electrons. The van der Waals surface area contributed by atoms with Crippen LogP contribution in [0.2, 0.25) is 5.02 Å². The molecule has 1 unspecified atom stereocenters. The van der Waals surface area contributed by atoms with E-state index in [9.17, 15) is 14.7 Å². The van der Waals surface area contributed by atoms with Crippen LogP contribution in [-0.2, 0) is 6.42 Å². The van der Waals surface area contributed by atoms with Crippen molar-refractivity contribution in [3.63, 3.8) is 0 Å². The topological polar surface area (TPSA) is 59.3 Å². The molecule has 2 aromatic heterocycles. The molecule has 3 aromatic rings. The summed E-state index contributed by atoms with van der Waals surface area (Å²) in [5.74, 6) is -1.19. The first-order chi connectivity index (χ1) is 12.5. The van der Waals surface area contributed by atoms with Gasteiger partial charge in [-0.2, -0.15) is 0 Å². The summed E-state index contributed by atoms with van der Waals surface area (Å²) in [5.41, 5.74) is 1.50. The van der Waals surface area contributed by atoms with Gasteiger partial charge in [0.05, 0.1) is 5.69 Å². The third-order valence-corrected chi connectivity index (χ3v) is 7.04. The first-order valence-corrected chi connectivity index (χ1v) is 10.1. The number of carbonyl (C=O) groups is 1. The minimum atomic E-state index is -1.19. The van der Waals surface area contributed by atoms with Gasteiger partial charge in [-0.25, -0.2) is 4.79 Å². The lowest BCUT2D eigenvalue weighted by Gasteiger charge is -2.18. The Morgan fingerprint density at radius 1 is 1.31 bits per heavy atom. The lowest BCUT2D eigenvalue weighted by atomic mass is 10.1. The van der Waals surface area contributed by atoms with Crippen molar-refractivity contribution in [1.82, 2.24) is 4.57 Å². The van der Waals surface area contributed by atoms with Crippen LogP contribution in [0.5, 0.6) is 0 Å². The Bertz CT molecular complexity index is 1070. The molecule has 1 aliphatic rings. The minimum Gasteiger partial charge on any atom is -0.477 e. The Hall–Kier alpha value is -2.02. The first-order valence-electron chi connectivity index (χ1n) is 7.94. The average Bonchev–Trinajstić information content (AvgIpc) is 3.04. The number of thioether (sulfide) groups is 1. The Balaban J connectivity index is 2.06. The van der Waals surface area contributed by atoms with Crippen LogP contribution >= 0.6 is 34.7 Å². The van der Waals surface area contributed by atoms with Crippen molar-refractivity contribution in [1.29, 1.82) is 0 Å². The molecule has 0 aliphatic carbocycles. The highest BCUT2D eigenvalue weighted by Gasteiger charge is 2.29. The van der Waals surface area contributed by atoms with Gasteiger partial charge < -0.3 is 9.67 Å². The molecule has 1 N–H and O–H groups in total. The largest absolute Gasteiger partial charge is 0.477 e. The molecule has 3 heterocycles. The zero-order valence-electron chi connectivity index (χ0n) is 13.7. The number of aromatic carboxylic acids is 1. The van der Waals surface area contributed by atoms with E-state index >= 15 is 0 Å². The molecular weight excluding hydrogens is 390 g/mol. The Kier molecular flexibility index (Phi) is 4.42. The van der Waals surface area contributed by atoms with Crippen LogP contribution < -0.4 is 5.43 Å². The van der Waals surface area contributed by atoms with E-state index in [1.165, 1.54) is 6.07 Å². The van der Waals surface area contributed by atoms with Crippen molar-refractivity contribution in [3.8, 4) is 5.69 Å². The molecule has 132 valence electrons. The van der Waals surface area contributed by atoms with E-state index in [4.69, 9.17) is 11.6 Å². The van der Waals surface area contributed by atoms with Crippen molar-refractivity contribution >= 4 is 40.7 Å². The van der Waals surface area contributed by atoms with E-state index in [0.29, 0.717) is 22.8 Å². The molecule has 1 aromatic carbocycles. The molecule has 1 aliphatic heterocycles. The molecule has 0 saturated carbocycles. The number of pyridine rings is 1. The number of hydrogen-bond acceptors (Lipinski definition) is 4. The highest BCUT2D eigenvalue weighted by atomic mass is 35.5. The molecule has 4 nitrogen and oxygen atoms in total. The fourth-order valence-electron chi connectivity index (χ4n) is 3.32. The van der Waals surface area contributed by atoms with E-state index in [2.05, 4.69) is 0 Å². The number of benzene rings is 1. The fraction of sp³-hybridized carbons (Fsp3) is 0.158. The number of aromatic nitrogens is 1. The quantitative estimate of drug-likeness (QED) is 0.657. The van der Waals surface area contributed by atoms with E-state index in [1.54, 1.807) is 29.2 Å². The van der Waals surface area contributed by atoms with Crippen LogP contribution in [-0.4, -0.2) is 15.6 Å². The third-order valence-electron chi connectivity index (χ3n) is 4.38. The third kappa shape index (κ3) is 2.88. The second kappa shape index (κ2) is 6.61. The molecule has 4 rings (SSSR count). The van der Waals surface area contributed by atoms with Gasteiger partial charge in [0.1, 0.15) is 5.56 Å². The Morgan fingerprint density at radius 2 is 2.12 bits per heavy atom. The summed E-state index contributed by atoms with van der Waals surface area (Å²) >= 11 is 9.49. The Morgan fingerprint density at radius 3 is 2.81 bits per heavy atom. The smallest absolute Gasteiger partial charge is 0.341 e. The van der Waals surface area contributed by atoms with Crippen molar-refractivity contribution in [2.45, 2.75) is 23.5 Å². The zero-order valence-corrected chi connectivity index (χ0v) is 16.1. The number of halogens is 1. The van der Waals surface area contributed by atoms with E-state index in [-0.39, 0.29) is 10.8 Å². The van der Waals surface area contributed by atoms with Gasteiger partial charge in [0.15, 0.2) is 5.43 Å². The number of fused-ring (bicyclic) bond motifs is 3. The van der Waals surface area contributed by atoms with Gasteiger partial charge in [-0.15, -0.1) is 23.1 Å². The van der Waals surface area contributed by atoms with Crippen LogP contribution in [0.1, 0.15) is 31.9 Å². The summed E-state index contributed by atoms with van der Waals surface area (Å²) < 4.78 is 1.89. The van der Waals surface area contributed by atoms with E-state index < -0.39 is 11.4 Å². The van der Waals surface area contributed by atoms with Crippen molar-refractivity contribution in [2.24, 2.45) is 0 Å². The maximum Gasteiger partial charge on any atom is 0.341 e. The summed E-state index contributed by atoms with van der Waals surface area (Å²) in [7, 11) is 0. The Labute approximate surface area is 163 Å². The van der Waals surface area contributed by atoms with Crippen LogP contribution in [0.3, 0.4) is 0 Å². The van der Waals surface area contributed by atoms with Crippen LogP contribution in [0.25, 0.3) is 5.69 Å². The van der Waals surface area contributed by atoms with Gasteiger partial charge in [-0.05, 0) is 36.6 Å². The van der Waals surface area contributed by atoms with Crippen molar-refractivity contribution in [3.05, 3.63) is 78.9 Å². The maximum absolute atomic E-state index is 12.4. The van der Waals surface area contributed by atoms with Crippen molar-refractivity contribution < 1.29 is 9.90 Å². The van der Waals surface area contributed by atoms with Crippen LogP contribution in [0, 0.1) is 6.92 Å². The number of thiophene rings is 1. The monoisotopic (exact) mass is 403 g/mol. The average molecular weight is 404 g/mol. The van der Waals surface area contributed by atoms with Gasteiger partial charge in [0, 0.05) is 43.9 Å². The van der Waals surface area contributed by atoms with Crippen LogP contribution in [0.4, 0.5) is 0 Å². The number of nitrogens with zero attached hydrogens (tertiary/aromatic N) is 1. The number of carboxylic acid groups (broad SMARTS) is 1. The standard InChI is InChI=1S/C19H14ClNO3S2/c1-10-7-14(22)18(19(23)24)13-9-17(15-3-2-6-25-15)26-16-8-11(20)4-5-12(16)21(10)13/h2-8,17H,9H2,1H3,(H,23,24). The SMILES string of the molecule is Cc1cc(=O)c(C(=O)O)c2n1-c1ccc(Cl)cc1SC(c1cccs1)C2. The minimum absolute atomic E-state index is 0.0141. The highest BCUT2D eigenvalue weighted by molar-refractivity contribution is 7.99. The lowest BCUT2D eigenvalue weighted by molar-refractivity contribution is 0.0693. The summed E-state index contributed by atoms with van der Waals surface area (Å²) in [4.78, 5) is 26.4. The fourth-order valence-corrected chi connectivity index (χ4v) is 5.79. The number of hydrogen-bond donors (Lipinski definition) is 1. The van der Waals surface area contributed by atoms with Gasteiger partial charge in [0.25, 0.3) is 0 Å². The molecular formula is C19H14ClNO3S2. The molecule has 0 saturated heterocycles. The molecule has 7 heteroatoms. The van der Waals surface area contributed by atoms with Gasteiger partial charge in [-0.3, -0.25) is 4.79 Å². The lowest BCUT2D eigenvalue weighted by Crippen LogP contribution is -2.24. The van der Waals surface area contributed by atoms with Gasteiger partial charge >= 0.3 is 5.97 Å². The van der Waals surface area contributed by atoms with Gasteiger partial charge in [0.2, 0.25) is 0 Å². The van der Waals surface area contributed by atoms with E-state index in [0.717, 1.165) is 15.5 Å². The summed E-state index contributed by atoms with van der Waals surface area (Å²) in [6.45, 7) is 1.82. The van der Waals surface area contributed by atoms with Crippen molar-refractivity contribution in [2.75, 3.05) is 0 Å². The predicted molar refractivity (Wildman–Crippen MR) is 105 cm³/mol. The maximum atomic E-state index is 12.4. The predicted octanol–water partition coefficient (Wildman–Crippen LogP) is 4.95. The summed E-state index contributed by atoms with van der Waals surface area (Å²) in [6, 6.07) is 11.0. The first kappa shape index (κ1) is 17.4. The molecule has 26 heavy (non-hydrogen) atoms. The molecule has 1 atom stereocenters. The van der Waals surface area contributed by atoms with Gasteiger partial charge in [-0.1, -0.05) is 17.7 Å². The molecule has 0 amide bonds. The molecule has 0 fully saturated rings. The van der Waals surface area contributed by atoms with E-state index in [1.807, 2.05) is 41.1 Å². The number of carboxylic acids is 1. The second-order valence-corrected chi connectivity index (χ2v) is 8.71. The molecule has 0 bridgehead atoms. The number of aryl methyl sites for hydroxylation is 1. The summed E-state index contributed by atoms with van der Waals surface area (Å²) in [5, 5.41) is 12.3. The summed E-state index contributed by atoms with van der Waals surface area (Å²) in [6.07, 6.45) is 0.454. The highest BCUT2D eigenvalue weighted by Crippen LogP contribution is 2.46. The number of rotatable bonds is 2. The van der Waals surface area contributed by atoms with Crippen LogP contribution in [0.15, 0.2) is 51.5 Å². The zero-order chi connectivity index (χ0) is 18.4. The normalized spacial score (nSPS) is 15.8. The molecule has 0 spiro atoms.